The third-order valence-electron chi connectivity index (χ3n) is 2.97. The molecule has 1 heterocycles. The molecule has 3 rings (SSSR count). The first-order chi connectivity index (χ1) is 6.34. The van der Waals surface area contributed by atoms with Crippen LogP contribution < -0.4 is 0 Å². The van der Waals surface area contributed by atoms with E-state index in [4.69, 9.17) is 0 Å². The van der Waals surface area contributed by atoms with E-state index in [-0.39, 0.29) is 0 Å². The van der Waals surface area contributed by atoms with Crippen molar-refractivity contribution in [2.24, 2.45) is 5.92 Å². The van der Waals surface area contributed by atoms with Gasteiger partial charge in [0.05, 0.1) is 0 Å². The summed E-state index contributed by atoms with van der Waals surface area (Å²) in [5, 5.41) is 2.13. The van der Waals surface area contributed by atoms with E-state index in [0.717, 1.165) is 19.3 Å². The molecule has 0 bridgehead atoms. The lowest BCUT2D eigenvalue weighted by molar-refractivity contribution is -0.115. The lowest BCUT2D eigenvalue weighted by Gasteiger charge is -2.15. The van der Waals surface area contributed by atoms with Crippen LogP contribution in [0, 0.1) is 5.92 Å². The number of fused-ring (bicyclic) bond motifs is 3. The first kappa shape index (κ1) is 7.51. The molecule has 1 nitrogen and oxygen atoms in total. The smallest absolute Gasteiger partial charge is 0.156 e. The minimum Gasteiger partial charge on any atom is -0.295 e. The number of rotatable bonds is 0. The van der Waals surface area contributed by atoms with Crippen molar-refractivity contribution < 1.29 is 4.79 Å². The van der Waals surface area contributed by atoms with Gasteiger partial charge in [-0.25, -0.2) is 0 Å². The van der Waals surface area contributed by atoms with E-state index >= 15 is 0 Å². The van der Waals surface area contributed by atoms with Crippen LogP contribution in [0.2, 0.25) is 0 Å². The summed E-state index contributed by atoms with van der Waals surface area (Å²) in [6.45, 7) is 0. The minimum atomic E-state index is 0.313. The van der Waals surface area contributed by atoms with Crippen LogP contribution in [0.15, 0.2) is 17.5 Å². The van der Waals surface area contributed by atoms with Gasteiger partial charge < -0.3 is 0 Å². The van der Waals surface area contributed by atoms with Gasteiger partial charge in [-0.1, -0.05) is 0 Å². The van der Waals surface area contributed by atoms with E-state index in [1.807, 2.05) is 6.08 Å². The van der Waals surface area contributed by atoms with Crippen LogP contribution in [-0.4, -0.2) is 5.78 Å². The maximum absolute atomic E-state index is 11.3. The number of carbonyl (C=O) groups excluding carboxylic acids is 1. The molecule has 13 heavy (non-hydrogen) atoms. The highest BCUT2D eigenvalue weighted by Gasteiger charge is 2.31. The molecule has 2 aliphatic rings. The number of ketones is 1. The van der Waals surface area contributed by atoms with Crippen molar-refractivity contribution in [2.75, 3.05) is 0 Å². The summed E-state index contributed by atoms with van der Waals surface area (Å²) < 4.78 is 0. The molecular weight excluding hydrogens is 180 g/mol. The zero-order valence-corrected chi connectivity index (χ0v) is 8.06. The predicted octanol–water partition coefficient (Wildman–Crippen LogP) is 2.67. The van der Waals surface area contributed by atoms with E-state index in [1.165, 1.54) is 16.0 Å². The van der Waals surface area contributed by atoms with Gasteiger partial charge >= 0.3 is 0 Å². The second-order valence-electron chi connectivity index (χ2n) is 3.78. The topological polar surface area (TPSA) is 17.1 Å². The first-order valence-electron chi connectivity index (χ1n) is 4.66. The van der Waals surface area contributed by atoms with Gasteiger partial charge in [0.15, 0.2) is 5.78 Å². The Bertz CT molecular complexity index is 400. The van der Waals surface area contributed by atoms with Gasteiger partial charge in [0.2, 0.25) is 0 Å². The Hall–Kier alpha value is -0.890. The maximum atomic E-state index is 11.3. The molecule has 0 aliphatic heterocycles. The Balaban J connectivity index is 2.14. The molecule has 0 radical (unpaired) electrons. The van der Waals surface area contributed by atoms with Crippen molar-refractivity contribution >= 4 is 22.7 Å². The van der Waals surface area contributed by atoms with Crippen LogP contribution in [0.4, 0.5) is 0 Å². The normalized spacial score (nSPS) is 25.4. The fourth-order valence-electron chi connectivity index (χ4n) is 2.31. The summed E-state index contributed by atoms with van der Waals surface area (Å²) in [4.78, 5) is 12.6. The fourth-order valence-corrected chi connectivity index (χ4v) is 3.35. The van der Waals surface area contributed by atoms with Crippen molar-refractivity contribution in [3.05, 3.63) is 28.0 Å². The third-order valence-corrected chi connectivity index (χ3v) is 3.98. The van der Waals surface area contributed by atoms with E-state index < -0.39 is 0 Å². The fraction of sp³-hybridized carbons (Fsp3) is 0.364. The molecule has 0 amide bonds. The van der Waals surface area contributed by atoms with Crippen molar-refractivity contribution in [1.29, 1.82) is 0 Å². The van der Waals surface area contributed by atoms with E-state index in [1.54, 1.807) is 11.3 Å². The Morgan fingerprint density at radius 3 is 3.31 bits per heavy atom. The number of carbonyl (C=O) groups is 1. The zero-order chi connectivity index (χ0) is 8.84. The molecule has 0 fully saturated rings. The van der Waals surface area contributed by atoms with Gasteiger partial charge in [0.1, 0.15) is 0 Å². The summed E-state index contributed by atoms with van der Waals surface area (Å²) in [6, 6.07) is 2.20. The standard InChI is InChI=1S/C11H10OS/c12-9-2-1-7-5-8-3-4-13-11(8)10(7)6-9/h3-4,6-7H,1-2,5H2. The van der Waals surface area contributed by atoms with Gasteiger partial charge in [0, 0.05) is 11.3 Å². The summed E-state index contributed by atoms with van der Waals surface area (Å²) in [5.41, 5.74) is 2.78. The molecule has 66 valence electrons. The van der Waals surface area contributed by atoms with E-state index in [2.05, 4.69) is 11.4 Å². The average Bonchev–Trinajstić information content (AvgIpc) is 2.64. The quantitative estimate of drug-likeness (QED) is 0.614. The van der Waals surface area contributed by atoms with Gasteiger partial charge in [-0.3, -0.25) is 4.79 Å². The Morgan fingerprint density at radius 2 is 2.38 bits per heavy atom. The highest BCUT2D eigenvalue weighted by Crippen LogP contribution is 2.44. The first-order valence-corrected chi connectivity index (χ1v) is 5.54. The molecule has 1 aromatic rings. The van der Waals surface area contributed by atoms with Gasteiger partial charge in [-0.15, -0.1) is 11.3 Å². The van der Waals surface area contributed by atoms with Crippen molar-refractivity contribution in [3.63, 3.8) is 0 Å². The van der Waals surface area contributed by atoms with Crippen molar-refractivity contribution in [2.45, 2.75) is 19.3 Å². The summed E-state index contributed by atoms with van der Waals surface area (Å²) in [6.07, 6.45) is 4.85. The molecule has 0 saturated carbocycles. The zero-order valence-electron chi connectivity index (χ0n) is 7.25. The lowest BCUT2D eigenvalue weighted by Crippen LogP contribution is -2.09. The van der Waals surface area contributed by atoms with Gasteiger partial charge in [-0.2, -0.15) is 0 Å². The van der Waals surface area contributed by atoms with Crippen molar-refractivity contribution in [3.8, 4) is 0 Å². The molecule has 0 aromatic carbocycles. The van der Waals surface area contributed by atoms with E-state index in [9.17, 15) is 4.79 Å². The molecule has 2 heteroatoms. The summed E-state index contributed by atoms with van der Waals surface area (Å²) in [7, 11) is 0. The maximum Gasteiger partial charge on any atom is 0.156 e. The van der Waals surface area contributed by atoms with Crippen LogP contribution >= 0.6 is 11.3 Å². The van der Waals surface area contributed by atoms with Crippen LogP contribution in [-0.2, 0) is 11.2 Å². The Kier molecular flexibility index (Phi) is 1.47. The molecule has 2 aliphatic carbocycles. The summed E-state index contributed by atoms with van der Waals surface area (Å²) in [5.74, 6) is 0.965. The largest absolute Gasteiger partial charge is 0.295 e. The molecule has 1 aromatic heterocycles. The molecule has 1 atom stereocenters. The highest BCUT2D eigenvalue weighted by atomic mass is 32.1. The molecule has 1 unspecified atom stereocenters. The second kappa shape index (κ2) is 2.55. The van der Waals surface area contributed by atoms with Crippen LogP contribution in [0.1, 0.15) is 23.3 Å². The molecule has 0 saturated heterocycles. The van der Waals surface area contributed by atoms with Crippen LogP contribution in [0.3, 0.4) is 0 Å². The van der Waals surface area contributed by atoms with Crippen molar-refractivity contribution in [1.82, 2.24) is 0 Å². The highest BCUT2D eigenvalue weighted by molar-refractivity contribution is 7.11. The second-order valence-corrected chi connectivity index (χ2v) is 4.70. The molecular formula is C11H10OS. The number of hydrogen-bond donors (Lipinski definition) is 0. The summed E-state index contributed by atoms with van der Waals surface area (Å²) >= 11 is 1.78. The lowest BCUT2D eigenvalue weighted by atomic mass is 9.89. The number of allylic oxidation sites excluding steroid dienone is 2. The van der Waals surface area contributed by atoms with Crippen LogP contribution in [0.25, 0.3) is 5.57 Å². The van der Waals surface area contributed by atoms with Crippen LogP contribution in [0.5, 0.6) is 0 Å². The predicted molar refractivity (Wildman–Crippen MR) is 53.7 cm³/mol. The molecule has 0 N–H and O–H groups in total. The average molecular weight is 190 g/mol. The SMILES string of the molecule is O=C1C=C2c3sccc3CC2CC1. The number of thiophene rings is 1. The number of hydrogen-bond acceptors (Lipinski definition) is 2. The third kappa shape index (κ3) is 1.02. The van der Waals surface area contributed by atoms with E-state index in [0.29, 0.717) is 11.7 Å². The monoisotopic (exact) mass is 190 g/mol. The minimum absolute atomic E-state index is 0.313. The Morgan fingerprint density at radius 1 is 1.46 bits per heavy atom. The van der Waals surface area contributed by atoms with Gasteiger partial charge in [-0.05, 0) is 47.4 Å². The Labute approximate surface area is 81.1 Å². The molecule has 0 spiro atoms. The van der Waals surface area contributed by atoms with Gasteiger partial charge in [0.25, 0.3) is 0 Å².